The molecule has 0 spiro atoms. The van der Waals surface area contributed by atoms with Crippen LogP contribution in [-0.2, 0) is 6.18 Å². The van der Waals surface area contributed by atoms with Crippen LogP contribution in [0.3, 0.4) is 0 Å². The molecule has 2 aromatic heterocycles. The Labute approximate surface area is 139 Å². The number of para-hydroxylation sites is 1. The van der Waals surface area contributed by atoms with E-state index in [1.54, 1.807) is 6.20 Å². The van der Waals surface area contributed by atoms with Gasteiger partial charge in [0.15, 0.2) is 0 Å². The predicted octanol–water partition coefficient (Wildman–Crippen LogP) is 4.98. The lowest BCUT2D eigenvalue weighted by Crippen LogP contribution is -2.04. The van der Waals surface area contributed by atoms with Crippen LogP contribution in [0.15, 0.2) is 59.1 Å². The first-order valence-electron chi connectivity index (χ1n) is 7.35. The van der Waals surface area contributed by atoms with Crippen molar-refractivity contribution in [2.75, 3.05) is 5.32 Å². The SMILES string of the molecule is FC(F)(F)c1ccc(Nc2nnc(-c3c[nH]c4ccccc34)o2)cc1. The number of alkyl halides is 3. The van der Waals surface area contributed by atoms with Gasteiger partial charge >= 0.3 is 12.2 Å². The van der Waals surface area contributed by atoms with E-state index in [1.807, 2.05) is 24.3 Å². The summed E-state index contributed by atoms with van der Waals surface area (Å²) in [5.74, 6) is 0.312. The van der Waals surface area contributed by atoms with Crippen LogP contribution in [-0.4, -0.2) is 15.2 Å². The summed E-state index contributed by atoms with van der Waals surface area (Å²) in [6.45, 7) is 0. The van der Waals surface area contributed by atoms with Crippen LogP contribution in [0.1, 0.15) is 5.56 Å². The average molecular weight is 344 g/mol. The van der Waals surface area contributed by atoms with E-state index in [0.717, 1.165) is 28.6 Å². The highest BCUT2D eigenvalue weighted by atomic mass is 19.4. The molecule has 0 aliphatic heterocycles. The van der Waals surface area contributed by atoms with E-state index in [2.05, 4.69) is 20.5 Å². The third kappa shape index (κ3) is 2.93. The Morgan fingerprint density at radius 2 is 1.72 bits per heavy atom. The molecule has 2 aromatic carbocycles. The quantitative estimate of drug-likeness (QED) is 0.550. The molecule has 0 saturated carbocycles. The molecular weight excluding hydrogens is 333 g/mol. The lowest BCUT2D eigenvalue weighted by atomic mass is 10.2. The van der Waals surface area contributed by atoms with Gasteiger partial charge in [-0.2, -0.15) is 13.2 Å². The summed E-state index contributed by atoms with van der Waals surface area (Å²) in [5.41, 5.74) is 1.39. The zero-order valence-corrected chi connectivity index (χ0v) is 12.6. The van der Waals surface area contributed by atoms with E-state index in [0.29, 0.717) is 11.6 Å². The van der Waals surface area contributed by atoms with Gasteiger partial charge in [0.05, 0.1) is 11.1 Å². The van der Waals surface area contributed by atoms with Crippen LogP contribution < -0.4 is 5.32 Å². The standard InChI is InChI=1S/C17H11F3N4O/c18-17(19,20)10-5-7-11(8-6-10)22-16-24-23-15(25-16)13-9-21-14-4-2-1-3-12(13)14/h1-9,21H,(H,22,24). The molecule has 0 aliphatic carbocycles. The number of anilines is 2. The van der Waals surface area contributed by atoms with E-state index >= 15 is 0 Å². The minimum absolute atomic E-state index is 0.0973. The molecule has 0 radical (unpaired) electrons. The summed E-state index contributed by atoms with van der Waals surface area (Å²) in [6, 6.07) is 12.3. The molecule has 0 aliphatic rings. The van der Waals surface area contributed by atoms with Gasteiger partial charge in [-0.05, 0) is 30.3 Å². The number of nitrogens with one attached hydrogen (secondary N) is 2. The Kier molecular flexibility index (Phi) is 3.45. The summed E-state index contributed by atoms with van der Waals surface area (Å²) in [5, 5.41) is 11.6. The van der Waals surface area contributed by atoms with Crippen LogP contribution in [0.5, 0.6) is 0 Å². The van der Waals surface area contributed by atoms with Gasteiger partial charge < -0.3 is 14.7 Å². The highest BCUT2D eigenvalue weighted by molar-refractivity contribution is 5.93. The molecule has 0 bridgehead atoms. The third-order valence-corrected chi connectivity index (χ3v) is 3.71. The monoisotopic (exact) mass is 344 g/mol. The fraction of sp³-hybridized carbons (Fsp3) is 0.0588. The van der Waals surface area contributed by atoms with Crippen molar-refractivity contribution in [2.24, 2.45) is 0 Å². The van der Waals surface area contributed by atoms with Gasteiger partial charge in [-0.15, -0.1) is 5.10 Å². The number of hydrogen-bond acceptors (Lipinski definition) is 4. The third-order valence-electron chi connectivity index (χ3n) is 3.71. The van der Waals surface area contributed by atoms with Gasteiger partial charge in [-0.1, -0.05) is 23.3 Å². The van der Waals surface area contributed by atoms with Crippen LogP contribution in [0.4, 0.5) is 24.9 Å². The second-order valence-corrected chi connectivity index (χ2v) is 5.36. The molecule has 4 aromatic rings. The van der Waals surface area contributed by atoms with Crippen molar-refractivity contribution < 1.29 is 17.6 Å². The molecule has 0 atom stereocenters. The molecule has 126 valence electrons. The topological polar surface area (TPSA) is 66.7 Å². The zero-order valence-electron chi connectivity index (χ0n) is 12.6. The zero-order chi connectivity index (χ0) is 17.4. The van der Waals surface area contributed by atoms with Crippen molar-refractivity contribution in [2.45, 2.75) is 6.18 Å². The minimum atomic E-state index is -4.37. The van der Waals surface area contributed by atoms with E-state index < -0.39 is 11.7 Å². The van der Waals surface area contributed by atoms with Crippen LogP contribution in [0, 0.1) is 0 Å². The summed E-state index contributed by atoms with van der Waals surface area (Å²) < 4.78 is 43.3. The second-order valence-electron chi connectivity index (χ2n) is 5.36. The molecule has 5 nitrogen and oxygen atoms in total. The van der Waals surface area contributed by atoms with Crippen molar-refractivity contribution in [3.63, 3.8) is 0 Å². The van der Waals surface area contributed by atoms with Crippen molar-refractivity contribution in [1.29, 1.82) is 0 Å². The van der Waals surface area contributed by atoms with E-state index in [9.17, 15) is 13.2 Å². The van der Waals surface area contributed by atoms with E-state index in [4.69, 9.17) is 4.42 Å². The molecule has 2 N–H and O–H groups in total. The van der Waals surface area contributed by atoms with Crippen molar-refractivity contribution >= 4 is 22.6 Å². The van der Waals surface area contributed by atoms with Crippen molar-refractivity contribution in [3.8, 4) is 11.5 Å². The summed E-state index contributed by atoms with van der Waals surface area (Å²) >= 11 is 0. The van der Waals surface area contributed by atoms with Crippen molar-refractivity contribution in [1.82, 2.24) is 15.2 Å². The fourth-order valence-electron chi connectivity index (χ4n) is 2.50. The number of rotatable bonds is 3. The maximum Gasteiger partial charge on any atom is 0.416 e. The van der Waals surface area contributed by atoms with E-state index in [-0.39, 0.29) is 6.01 Å². The molecule has 2 heterocycles. The van der Waals surface area contributed by atoms with Gasteiger partial charge in [0.25, 0.3) is 5.89 Å². The number of nitrogens with zero attached hydrogens (tertiary/aromatic N) is 2. The average Bonchev–Trinajstić information content (AvgIpc) is 3.21. The van der Waals surface area contributed by atoms with E-state index in [1.165, 1.54) is 12.1 Å². The summed E-state index contributed by atoms with van der Waals surface area (Å²) in [6.07, 6.45) is -2.61. The molecule has 0 saturated heterocycles. The number of halogens is 3. The molecule has 0 unspecified atom stereocenters. The predicted molar refractivity (Wildman–Crippen MR) is 86.3 cm³/mol. The number of aromatic nitrogens is 3. The molecule has 0 fully saturated rings. The van der Waals surface area contributed by atoms with Gasteiger partial charge in [0.2, 0.25) is 0 Å². The Bertz CT molecular complexity index is 1020. The highest BCUT2D eigenvalue weighted by Gasteiger charge is 2.30. The lowest BCUT2D eigenvalue weighted by molar-refractivity contribution is -0.137. The number of hydrogen-bond donors (Lipinski definition) is 2. The van der Waals surface area contributed by atoms with Crippen LogP contribution in [0.25, 0.3) is 22.4 Å². The smallest absolute Gasteiger partial charge is 0.403 e. The maximum atomic E-state index is 12.6. The van der Waals surface area contributed by atoms with Crippen LogP contribution >= 0.6 is 0 Å². The van der Waals surface area contributed by atoms with Crippen molar-refractivity contribution in [3.05, 3.63) is 60.3 Å². The fourth-order valence-corrected chi connectivity index (χ4v) is 2.50. The lowest BCUT2D eigenvalue weighted by Gasteiger charge is -2.07. The first-order valence-corrected chi connectivity index (χ1v) is 7.35. The van der Waals surface area contributed by atoms with Gasteiger partial charge in [-0.25, -0.2) is 0 Å². The van der Waals surface area contributed by atoms with Gasteiger partial charge in [-0.3, -0.25) is 0 Å². The number of fused-ring (bicyclic) bond motifs is 1. The Hall–Kier alpha value is -3.29. The minimum Gasteiger partial charge on any atom is -0.403 e. The molecular formula is C17H11F3N4O. The number of aromatic amines is 1. The summed E-state index contributed by atoms with van der Waals surface area (Å²) in [4.78, 5) is 3.11. The molecule has 0 amide bonds. The first-order chi connectivity index (χ1) is 12.0. The number of benzene rings is 2. The summed E-state index contributed by atoms with van der Waals surface area (Å²) in [7, 11) is 0. The second kappa shape index (κ2) is 5.66. The largest absolute Gasteiger partial charge is 0.416 e. The Balaban J connectivity index is 1.57. The normalized spacial score (nSPS) is 11.8. The number of H-pyrrole nitrogens is 1. The first kappa shape index (κ1) is 15.3. The molecule has 25 heavy (non-hydrogen) atoms. The molecule has 4 rings (SSSR count). The Morgan fingerprint density at radius 3 is 2.48 bits per heavy atom. The Morgan fingerprint density at radius 1 is 0.960 bits per heavy atom. The van der Waals surface area contributed by atoms with Gasteiger partial charge in [0, 0.05) is 22.8 Å². The maximum absolute atomic E-state index is 12.6. The highest BCUT2D eigenvalue weighted by Crippen LogP contribution is 2.31. The molecule has 8 heteroatoms. The van der Waals surface area contributed by atoms with Crippen LogP contribution in [0.2, 0.25) is 0 Å². The van der Waals surface area contributed by atoms with Gasteiger partial charge in [0.1, 0.15) is 0 Å².